The Balaban J connectivity index is 2.03. The molecule has 0 spiro atoms. The molecular weight excluding hydrogens is 284 g/mol. The van der Waals surface area contributed by atoms with E-state index >= 15 is 0 Å². The van der Waals surface area contributed by atoms with E-state index < -0.39 is 18.5 Å². The number of carboxylic acid groups (broad SMARTS) is 1. The van der Waals surface area contributed by atoms with Crippen LogP contribution in [0.5, 0.6) is 5.75 Å². The normalized spacial score (nSPS) is 18.6. The number of aliphatic carboxylic acids is 1. The van der Waals surface area contributed by atoms with Crippen LogP contribution in [0.2, 0.25) is 0 Å². The van der Waals surface area contributed by atoms with Gasteiger partial charge in [-0.05, 0) is 37.1 Å². The van der Waals surface area contributed by atoms with E-state index in [2.05, 4.69) is 4.74 Å². The number of likely N-dealkylation sites (tertiary alicyclic amines) is 1. The molecule has 1 atom stereocenters. The van der Waals surface area contributed by atoms with Crippen molar-refractivity contribution in [3.63, 3.8) is 0 Å². The summed E-state index contributed by atoms with van der Waals surface area (Å²) in [6, 6.07) is 5.37. The average molecular weight is 299 g/mol. The van der Waals surface area contributed by atoms with Crippen molar-refractivity contribution in [2.24, 2.45) is 5.92 Å². The maximum absolute atomic E-state index is 12.2. The second kappa shape index (κ2) is 6.51. The molecule has 0 unspecified atom stereocenters. The maximum atomic E-state index is 12.2. The summed E-state index contributed by atoms with van der Waals surface area (Å²) in [6.45, 7) is -2.24. The van der Waals surface area contributed by atoms with Crippen molar-refractivity contribution in [2.75, 3.05) is 13.1 Å². The molecule has 1 amide bonds. The molecule has 114 valence electrons. The van der Waals surface area contributed by atoms with Gasteiger partial charge in [-0.15, -0.1) is 0 Å². The highest BCUT2D eigenvalue weighted by Gasteiger charge is 2.28. The second-order valence-corrected chi connectivity index (χ2v) is 4.83. The van der Waals surface area contributed by atoms with Gasteiger partial charge in [-0.1, -0.05) is 0 Å². The van der Waals surface area contributed by atoms with Gasteiger partial charge >= 0.3 is 12.6 Å². The fourth-order valence-electron chi connectivity index (χ4n) is 2.32. The van der Waals surface area contributed by atoms with Crippen molar-refractivity contribution in [3.8, 4) is 5.75 Å². The van der Waals surface area contributed by atoms with E-state index in [1.807, 2.05) is 0 Å². The third kappa shape index (κ3) is 3.90. The van der Waals surface area contributed by atoms with Crippen LogP contribution in [0.3, 0.4) is 0 Å². The summed E-state index contributed by atoms with van der Waals surface area (Å²) in [5, 5.41) is 9.00. The van der Waals surface area contributed by atoms with Gasteiger partial charge in [-0.25, -0.2) is 0 Å². The first kappa shape index (κ1) is 15.2. The van der Waals surface area contributed by atoms with E-state index in [1.54, 1.807) is 0 Å². The molecule has 1 fully saturated rings. The number of piperidine rings is 1. The number of alkyl halides is 2. The Morgan fingerprint density at radius 2 is 1.95 bits per heavy atom. The van der Waals surface area contributed by atoms with E-state index in [9.17, 15) is 18.4 Å². The van der Waals surface area contributed by atoms with E-state index in [1.165, 1.54) is 29.2 Å². The van der Waals surface area contributed by atoms with Crippen LogP contribution in [0.1, 0.15) is 23.2 Å². The standard InChI is InChI=1S/C14H15F2NO4/c15-14(16)21-11-5-3-9(4-6-11)12(18)17-7-1-2-10(8-17)13(19)20/h3-6,10,14H,1-2,7-8H2,(H,19,20)/t10-/m0/s1. The summed E-state index contributed by atoms with van der Waals surface area (Å²) >= 11 is 0. The lowest BCUT2D eigenvalue weighted by molar-refractivity contribution is -0.143. The number of benzene rings is 1. The number of carboxylic acids is 1. The third-order valence-corrected chi connectivity index (χ3v) is 3.38. The summed E-state index contributed by atoms with van der Waals surface area (Å²) < 4.78 is 28.3. The minimum atomic E-state index is -2.91. The Morgan fingerprint density at radius 1 is 1.29 bits per heavy atom. The summed E-state index contributed by atoms with van der Waals surface area (Å²) in [5.74, 6) is -1.79. The van der Waals surface area contributed by atoms with Gasteiger partial charge in [0.25, 0.3) is 5.91 Å². The molecule has 1 aliphatic heterocycles. The number of carbonyl (C=O) groups excluding carboxylic acids is 1. The van der Waals surface area contributed by atoms with Gasteiger partial charge in [0.2, 0.25) is 0 Å². The van der Waals surface area contributed by atoms with Crippen molar-refractivity contribution < 1.29 is 28.2 Å². The Labute approximate surface area is 120 Å². The largest absolute Gasteiger partial charge is 0.481 e. The lowest BCUT2D eigenvalue weighted by atomic mass is 9.97. The highest BCUT2D eigenvalue weighted by molar-refractivity contribution is 5.94. The third-order valence-electron chi connectivity index (χ3n) is 3.38. The molecule has 1 saturated heterocycles. The summed E-state index contributed by atoms with van der Waals surface area (Å²) in [6.07, 6.45) is 1.19. The Morgan fingerprint density at radius 3 is 2.52 bits per heavy atom. The number of hydrogen-bond acceptors (Lipinski definition) is 3. The number of nitrogens with zero attached hydrogens (tertiary/aromatic N) is 1. The Hall–Kier alpha value is -2.18. The molecule has 5 nitrogen and oxygen atoms in total. The summed E-state index contributed by atoms with van der Waals surface area (Å²) in [5.41, 5.74) is 0.322. The molecule has 7 heteroatoms. The van der Waals surface area contributed by atoms with Gasteiger partial charge in [-0.2, -0.15) is 8.78 Å². The molecule has 0 aromatic heterocycles. The Kier molecular flexibility index (Phi) is 4.72. The molecular formula is C14H15F2NO4. The van der Waals surface area contributed by atoms with Crippen molar-refractivity contribution in [3.05, 3.63) is 29.8 Å². The van der Waals surface area contributed by atoms with Gasteiger partial charge < -0.3 is 14.7 Å². The predicted octanol–water partition coefficient (Wildman–Crippen LogP) is 2.22. The van der Waals surface area contributed by atoms with Gasteiger partial charge in [0.15, 0.2) is 0 Å². The first-order valence-electron chi connectivity index (χ1n) is 6.54. The topological polar surface area (TPSA) is 66.8 Å². The summed E-state index contributed by atoms with van der Waals surface area (Å²) in [4.78, 5) is 24.7. The number of rotatable bonds is 4. The van der Waals surface area contributed by atoms with Crippen molar-refractivity contribution >= 4 is 11.9 Å². The van der Waals surface area contributed by atoms with Crippen LogP contribution in [0, 0.1) is 5.92 Å². The average Bonchev–Trinajstić information content (AvgIpc) is 2.47. The smallest absolute Gasteiger partial charge is 0.387 e. The SMILES string of the molecule is O=C(O)[C@H]1CCCN(C(=O)c2ccc(OC(F)F)cc2)C1. The van der Waals surface area contributed by atoms with Crippen molar-refractivity contribution in [1.82, 2.24) is 4.90 Å². The monoisotopic (exact) mass is 299 g/mol. The van der Waals surface area contributed by atoms with E-state index in [0.717, 1.165) is 0 Å². The number of halogens is 2. The molecule has 2 rings (SSSR count). The van der Waals surface area contributed by atoms with Gasteiger partial charge in [0.05, 0.1) is 5.92 Å². The number of carbonyl (C=O) groups is 2. The molecule has 0 radical (unpaired) electrons. The van der Waals surface area contributed by atoms with Crippen molar-refractivity contribution in [1.29, 1.82) is 0 Å². The lowest BCUT2D eigenvalue weighted by Gasteiger charge is -2.30. The fraction of sp³-hybridized carbons (Fsp3) is 0.429. The number of amides is 1. The van der Waals surface area contributed by atoms with Crippen LogP contribution in [-0.4, -0.2) is 41.6 Å². The molecule has 1 N–H and O–H groups in total. The zero-order valence-corrected chi connectivity index (χ0v) is 11.2. The predicted molar refractivity (Wildman–Crippen MR) is 69.3 cm³/mol. The van der Waals surface area contributed by atoms with Gasteiger partial charge in [0.1, 0.15) is 5.75 Å². The lowest BCUT2D eigenvalue weighted by Crippen LogP contribution is -2.42. The molecule has 1 heterocycles. The van der Waals surface area contributed by atoms with Crippen LogP contribution in [0.4, 0.5) is 8.78 Å². The van der Waals surface area contributed by atoms with E-state index in [4.69, 9.17) is 5.11 Å². The van der Waals surface area contributed by atoms with Crippen LogP contribution < -0.4 is 4.74 Å². The fourth-order valence-corrected chi connectivity index (χ4v) is 2.32. The van der Waals surface area contributed by atoms with E-state index in [-0.39, 0.29) is 18.2 Å². The molecule has 1 aliphatic rings. The highest BCUT2D eigenvalue weighted by Crippen LogP contribution is 2.20. The highest BCUT2D eigenvalue weighted by atomic mass is 19.3. The van der Waals surface area contributed by atoms with Crippen LogP contribution in [-0.2, 0) is 4.79 Å². The van der Waals surface area contributed by atoms with Crippen LogP contribution in [0.25, 0.3) is 0 Å². The van der Waals surface area contributed by atoms with Gasteiger partial charge in [0, 0.05) is 18.7 Å². The summed E-state index contributed by atoms with van der Waals surface area (Å²) in [7, 11) is 0. The number of hydrogen-bond donors (Lipinski definition) is 1. The Bertz CT molecular complexity index is 518. The zero-order valence-electron chi connectivity index (χ0n) is 11.2. The molecule has 0 saturated carbocycles. The minimum absolute atomic E-state index is 0.0244. The molecule has 0 aliphatic carbocycles. The first-order chi connectivity index (χ1) is 9.97. The molecule has 0 bridgehead atoms. The molecule has 1 aromatic rings. The molecule has 21 heavy (non-hydrogen) atoms. The van der Waals surface area contributed by atoms with E-state index in [0.29, 0.717) is 24.9 Å². The second-order valence-electron chi connectivity index (χ2n) is 4.83. The quantitative estimate of drug-likeness (QED) is 0.925. The van der Waals surface area contributed by atoms with Crippen LogP contribution in [0.15, 0.2) is 24.3 Å². The van der Waals surface area contributed by atoms with Crippen molar-refractivity contribution in [2.45, 2.75) is 19.5 Å². The molecule has 1 aromatic carbocycles. The zero-order chi connectivity index (χ0) is 15.4. The van der Waals surface area contributed by atoms with Gasteiger partial charge in [-0.3, -0.25) is 9.59 Å². The first-order valence-corrected chi connectivity index (χ1v) is 6.54. The van der Waals surface area contributed by atoms with Crippen LogP contribution >= 0.6 is 0 Å². The number of ether oxygens (including phenoxy) is 1. The maximum Gasteiger partial charge on any atom is 0.387 e. The minimum Gasteiger partial charge on any atom is -0.481 e.